The molecular weight excluding hydrogens is 272 g/mol. The maximum atomic E-state index is 9.02. The summed E-state index contributed by atoms with van der Waals surface area (Å²) in [7, 11) is 0. The van der Waals surface area contributed by atoms with E-state index in [9.17, 15) is 0 Å². The lowest BCUT2D eigenvalue weighted by molar-refractivity contribution is 0.300. The normalized spacial score (nSPS) is 10.6. The van der Waals surface area contributed by atoms with Gasteiger partial charge in [0.05, 0.1) is 5.56 Å². The zero-order valence-corrected chi connectivity index (χ0v) is 13.3. The number of hydrogen-bond donors (Lipinski definition) is 0. The van der Waals surface area contributed by atoms with Gasteiger partial charge in [-0.15, -0.1) is 0 Å². The summed E-state index contributed by atoms with van der Waals surface area (Å²) in [4.78, 5) is 8.85. The molecule has 110 valence electrons. The Labute approximate surface area is 127 Å². The number of pyridine rings is 1. The van der Waals surface area contributed by atoms with Crippen LogP contribution in [0.15, 0.2) is 12.3 Å². The van der Waals surface area contributed by atoms with Crippen LogP contribution in [0.5, 0.6) is 0 Å². The van der Waals surface area contributed by atoms with Crippen LogP contribution >= 0.6 is 11.6 Å². The second-order valence-electron chi connectivity index (χ2n) is 4.57. The van der Waals surface area contributed by atoms with Crippen LogP contribution in [0.1, 0.15) is 32.8 Å². The van der Waals surface area contributed by atoms with Gasteiger partial charge in [-0.2, -0.15) is 5.26 Å². The van der Waals surface area contributed by atoms with Gasteiger partial charge in [0.2, 0.25) is 0 Å². The first-order chi connectivity index (χ1) is 9.67. The molecule has 0 aliphatic rings. The van der Waals surface area contributed by atoms with E-state index in [1.54, 1.807) is 12.3 Å². The molecule has 0 spiro atoms. The van der Waals surface area contributed by atoms with Gasteiger partial charge in [-0.05, 0) is 39.0 Å². The monoisotopic (exact) mass is 294 g/mol. The van der Waals surface area contributed by atoms with Gasteiger partial charge in [-0.3, -0.25) is 0 Å². The Morgan fingerprint density at radius 2 is 1.90 bits per heavy atom. The van der Waals surface area contributed by atoms with Gasteiger partial charge < -0.3 is 9.80 Å². The van der Waals surface area contributed by atoms with E-state index < -0.39 is 0 Å². The predicted octanol–water partition coefficient (Wildman–Crippen LogP) is 3.16. The second-order valence-corrected chi connectivity index (χ2v) is 4.95. The smallest absolute Gasteiger partial charge is 0.148 e. The molecule has 1 aromatic heterocycles. The summed E-state index contributed by atoms with van der Waals surface area (Å²) >= 11 is 6.24. The summed E-state index contributed by atoms with van der Waals surface area (Å²) in [6, 6.07) is 3.75. The summed E-state index contributed by atoms with van der Waals surface area (Å²) in [5.41, 5.74) is 0.485. The quantitative estimate of drug-likeness (QED) is 0.739. The van der Waals surface area contributed by atoms with E-state index in [-0.39, 0.29) is 0 Å². The van der Waals surface area contributed by atoms with Gasteiger partial charge in [-0.1, -0.05) is 25.4 Å². The molecule has 0 unspecified atom stereocenters. The van der Waals surface area contributed by atoms with Gasteiger partial charge in [0.1, 0.15) is 16.9 Å². The first kappa shape index (κ1) is 16.7. The molecule has 0 bridgehead atoms. The molecule has 0 aliphatic heterocycles. The summed E-state index contributed by atoms with van der Waals surface area (Å²) in [5, 5.41) is 9.48. The molecule has 1 aromatic rings. The number of nitriles is 1. The highest BCUT2D eigenvalue weighted by Crippen LogP contribution is 2.26. The molecule has 0 fully saturated rings. The standard InChI is InChI=1S/C15H23ClN4/c1-4-19(5-2)10-7-11-20(6-3)15-14(16)13(12-17)8-9-18-15/h8-9H,4-7,10-11H2,1-3H3. The zero-order chi connectivity index (χ0) is 15.0. The van der Waals surface area contributed by atoms with E-state index in [2.05, 4.69) is 41.6 Å². The Morgan fingerprint density at radius 1 is 1.20 bits per heavy atom. The number of anilines is 1. The summed E-state index contributed by atoms with van der Waals surface area (Å²) in [6.07, 6.45) is 2.71. The van der Waals surface area contributed by atoms with Crippen molar-refractivity contribution in [2.45, 2.75) is 27.2 Å². The van der Waals surface area contributed by atoms with Crippen LogP contribution in [0.3, 0.4) is 0 Å². The average molecular weight is 295 g/mol. The molecule has 1 rings (SSSR count). The third-order valence-electron chi connectivity index (χ3n) is 3.47. The number of rotatable bonds is 8. The van der Waals surface area contributed by atoms with Crippen molar-refractivity contribution in [3.63, 3.8) is 0 Å². The lowest BCUT2D eigenvalue weighted by Crippen LogP contribution is -2.30. The predicted molar refractivity (Wildman–Crippen MR) is 84.3 cm³/mol. The molecule has 0 amide bonds. The largest absolute Gasteiger partial charge is 0.356 e. The van der Waals surface area contributed by atoms with Crippen molar-refractivity contribution in [1.82, 2.24) is 9.88 Å². The topological polar surface area (TPSA) is 43.2 Å². The van der Waals surface area contributed by atoms with Gasteiger partial charge in [0.15, 0.2) is 0 Å². The molecule has 0 saturated carbocycles. The Morgan fingerprint density at radius 3 is 2.45 bits per heavy atom. The van der Waals surface area contributed by atoms with Gasteiger partial charge in [0, 0.05) is 19.3 Å². The van der Waals surface area contributed by atoms with Crippen molar-refractivity contribution < 1.29 is 0 Å². The van der Waals surface area contributed by atoms with Gasteiger partial charge >= 0.3 is 0 Å². The van der Waals surface area contributed by atoms with E-state index in [1.165, 1.54) is 0 Å². The number of nitrogens with zero attached hydrogens (tertiary/aromatic N) is 4. The number of hydrogen-bond acceptors (Lipinski definition) is 4. The van der Waals surface area contributed by atoms with Gasteiger partial charge in [-0.25, -0.2) is 4.98 Å². The van der Waals surface area contributed by atoms with Crippen molar-refractivity contribution in [2.24, 2.45) is 0 Å². The third kappa shape index (κ3) is 4.36. The molecule has 0 radical (unpaired) electrons. The lowest BCUT2D eigenvalue weighted by atomic mass is 10.2. The maximum Gasteiger partial charge on any atom is 0.148 e. The minimum absolute atomic E-state index is 0.458. The van der Waals surface area contributed by atoms with E-state index in [1.807, 2.05) is 0 Å². The van der Waals surface area contributed by atoms with Crippen LogP contribution in [0, 0.1) is 11.3 Å². The van der Waals surface area contributed by atoms with Crippen LogP contribution in [-0.4, -0.2) is 42.6 Å². The fourth-order valence-corrected chi connectivity index (χ4v) is 2.45. The Kier molecular flexibility index (Phi) is 7.35. The van der Waals surface area contributed by atoms with Crippen LogP contribution < -0.4 is 4.90 Å². The molecule has 4 nitrogen and oxygen atoms in total. The summed E-state index contributed by atoms with van der Waals surface area (Å²) < 4.78 is 0. The van der Waals surface area contributed by atoms with Crippen molar-refractivity contribution in [1.29, 1.82) is 5.26 Å². The minimum Gasteiger partial charge on any atom is -0.356 e. The minimum atomic E-state index is 0.458. The van der Waals surface area contributed by atoms with E-state index in [0.717, 1.165) is 39.1 Å². The van der Waals surface area contributed by atoms with E-state index in [0.29, 0.717) is 16.4 Å². The van der Waals surface area contributed by atoms with Crippen LogP contribution in [0.2, 0.25) is 5.02 Å². The Bertz CT molecular complexity index is 452. The number of halogens is 1. The first-order valence-corrected chi connectivity index (χ1v) is 7.57. The first-order valence-electron chi connectivity index (χ1n) is 7.19. The molecule has 0 saturated heterocycles. The molecule has 1 heterocycles. The fraction of sp³-hybridized carbons (Fsp3) is 0.600. The molecule has 5 heteroatoms. The Balaban J connectivity index is 2.70. The molecule has 20 heavy (non-hydrogen) atoms. The van der Waals surface area contributed by atoms with Crippen molar-refractivity contribution in [3.8, 4) is 6.07 Å². The zero-order valence-electron chi connectivity index (χ0n) is 12.6. The summed E-state index contributed by atoms with van der Waals surface area (Å²) in [5.74, 6) is 0.716. The van der Waals surface area contributed by atoms with Crippen LogP contribution in [0.25, 0.3) is 0 Å². The molecule has 0 aromatic carbocycles. The average Bonchev–Trinajstić information content (AvgIpc) is 2.48. The van der Waals surface area contributed by atoms with E-state index in [4.69, 9.17) is 16.9 Å². The maximum absolute atomic E-state index is 9.02. The second kappa shape index (κ2) is 8.78. The molecular formula is C15H23ClN4. The lowest BCUT2D eigenvalue weighted by Gasteiger charge is -2.25. The van der Waals surface area contributed by atoms with Crippen LogP contribution in [0.4, 0.5) is 5.82 Å². The molecule has 0 atom stereocenters. The highest BCUT2D eigenvalue weighted by molar-refractivity contribution is 6.34. The molecule has 0 aliphatic carbocycles. The van der Waals surface area contributed by atoms with Crippen molar-refractivity contribution in [2.75, 3.05) is 37.6 Å². The van der Waals surface area contributed by atoms with Crippen molar-refractivity contribution >= 4 is 17.4 Å². The van der Waals surface area contributed by atoms with Gasteiger partial charge in [0.25, 0.3) is 0 Å². The Hall–Kier alpha value is -1.31. The van der Waals surface area contributed by atoms with Crippen LogP contribution in [-0.2, 0) is 0 Å². The third-order valence-corrected chi connectivity index (χ3v) is 3.84. The highest BCUT2D eigenvalue weighted by Gasteiger charge is 2.13. The highest BCUT2D eigenvalue weighted by atomic mass is 35.5. The van der Waals surface area contributed by atoms with E-state index >= 15 is 0 Å². The number of aromatic nitrogens is 1. The fourth-order valence-electron chi connectivity index (χ4n) is 2.18. The van der Waals surface area contributed by atoms with Crippen molar-refractivity contribution in [3.05, 3.63) is 22.8 Å². The summed E-state index contributed by atoms with van der Waals surface area (Å²) in [6.45, 7) is 11.4. The molecule has 0 N–H and O–H groups in total. The SMILES string of the molecule is CCN(CC)CCCN(CC)c1nccc(C#N)c1Cl.